The van der Waals surface area contributed by atoms with E-state index in [0.717, 1.165) is 10.0 Å². The normalized spacial score (nSPS) is 25.4. The molecule has 1 unspecified atom stereocenters. The van der Waals surface area contributed by atoms with Crippen LogP contribution in [0, 0.1) is 11.8 Å². The first-order valence-corrected chi connectivity index (χ1v) is 7.65. The molecular weight excluding hydrogens is 333 g/mol. The molecule has 0 heterocycles. The third-order valence-electron chi connectivity index (χ3n) is 4.14. The van der Waals surface area contributed by atoms with Crippen LogP contribution >= 0.6 is 15.9 Å². The Labute approximate surface area is 125 Å². The molecule has 0 saturated heterocycles. The van der Waals surface area contributed by atoms with Gasteiger partial charge in [0.25, 0.3) is 0 Å². The van der Waals surface area contributed by atoms with Crippen LogP contribution in [0.5, 0.6) is 0 Å². The molecule has 2 rings (SSSR count). The highest BCUT2D eigenvalue weighted by molar-refractivity contribution is 9.10. The van der Waals surface area contributed by atoms with Gasteiger partial charge < -0.3 is 5.11 Å². The summed E-state index contributed by atoms with van der Waals surface area (Å²) in [5, 5.41) is 10.2. The van der Waals surface area contributed by atoms with Crippen molar-refractivity contribution >= 4 is 15.9 Å². The number of alkyl halides is 3. The van der Waals surface area contributed by atoms with E-state index in [1.165, 1.54) is 0 Å². The zero-order valence-electron chi connectivity index (χ0n) is 11.0. The minimum absolute atomic E-state index is 0.0164. The fourth-order valence-electron chi connectivity index (χ4n) is 2.86. The third-order valence-corrected chi connectivity index (χ3v) is 4.67. The second-order valence-electron chi connectivity index (χ2n) is 5.55. The van der Waals surface area contributed by atoms with Gasteiger partial charge in [-0.1, -0.05) is 28.1 Å². The first kappa shape index (κ1) is 15.8. The standard InChI is InChI=1S/C15H18BrF3O/c16-13-7-1-10(2-8-13)9-14(20)11-3-5-12(6-4-11)15(17,18)19/h1-2,7-8,11-12,14,20H,3-6,9H2. The molecule has 0 bridgehead atoms. The Morgan fingerprint density at radius 1 is 1.10 bits per heavy atom. The highest BCUT2D eigenvalue weighted by Gasteiger charge is 2.42. The van der Waals surface area contributed by atoms with Gasteiger partial charge in [0.15, 0.2) is 0 Å². The molecule has 1 aliphatic carbocycles. The van der Waals surface area contributed by atoms with Crippen molar-refractivity contribution in [3.63, 3.8) is 0 Å². The predicted molar refractivity (Wildman–Crippen MR) is 75.4 cm³/mol. The van der Waals surface area contributed by atoms with Crippen molar-refractivity contribution in [2.45, 2.75) is 44.4 Å². The molecule has 5 heteroatoms. The Balaban J connectivity index is 1.85. The van der Waals surface area contributed by atoms with Crippen molar-refractivity contribution < 1.29 is 18.3 Å². The van der Waals surface area contributed by atoms with E-state index in [-0.39, 0.29) is 18.8 Å². The summed E-state index contributed by atoms with van der Waals surface area (Å²) in [7, 11) is 0. The number of aliphatic hydroxyl groups excluding tert-OH is 1. The Kier molecular flexibility index (Phi) is 5.13. The quantitative estimate of drug-likeness (QED) is 0.835. The molecule has 1 aromatic rings. The molecule has 0 aromatic heterocycles. The van der Waals surface area contributed by atoms with E-state index < -0.39 is 18.2 Å². The van der Waals surface area contributed by atoms with Crippen LogP contribution < -0.4 is 0 Å². The van der Waals surface area contributed by atoms with E-state index >= 15 is 0 Å². The molecule has 20 heavy (non-hydrogen) atoms. The maximum absolute atomic E-state index is 12.6. The van der Waals surface area contributed by atoms with Crippen LogP contribution in [-0.2, 0) is 6.42 Å². The van der Waals surface area contributed by atoms with Gasteiger partial charge in [0.1, 0.15) is 0 Å². The summed E-state index contributed by atoms with van der Waals surface area (Å²) in [5.41, 5.74) is 1.01. The molecule has 1 saturated carbocycles. The Hall–Kier alpha value is -0.550. The lowest BCUT2D eigenvalue weighted by molar-refractivity contribution is -0.185. The number of aliphatic hydroxyl groups is 1. The highest BCUT2D eigenvalue weighted by Crippen LogP contribution is 2.40. The van der Waals surface area contributed by atoms with E-state index in [9.17, 15) is 18.3 Å². The molecule has 0 radical (unpaired) electrons. The van der Waals surface area contributed by atoms with Crippen molar-refractivity contribution in [2.75, 3.05) is 0 Å². The average Bonchev–Trinajstić information content (AvgIpc) is 2.40. The first-order valence-electron chi connectivity index (χ1n) is 6.85. The second kappa shape index (κ2) is 6.48. The molecule has 1 aromatic carbocycles. The van der Waals surface area contributed by atoms with Crippen LogP contribution in [0.2, 0.25) is 0 Å². The van der Waals surface area contributed by atoms with E-state index in [4.69, 9.17) is 0 Å². The molecule has 0 spiro atoms. The number of hydrogen-bond acceptors (Lipinski definition) is 1. The van der Waals surface area contributed by atoms with Gasteiger partial charge in [0.05, 0.1) is 12.0 Å². The van der Waals surface area contributed by atoms with Gasteiger partial charge in [-0.05, 0) is 55.7 Å². The minimum atomic E-state index is -4.08. The van der Waals surface area contributed by atoms with Gasteiger partial charge in [-0.3, -0.25) is 0 Å². The highest BCUT2D eigenvalue weighted by atomic mass is 79.9. The average molecular weight is 351 g/mol. The van der Waals surface area contributed by atoms with Crippen molar-refractivity contribution in [1.82, 2.24) is 0 Å². The minimum Gasteiger partial charge on any atom is -0.392 e. The summed E-state index contributed by atoms with van der Waals surface area (Å²) in [4.78, 5) is 0. The topological polar surface area (TPSA) is 20.2 Å². The molecule has 0 amide bonds. The third kappa shape index (κ3) is 4.22. The Bertz CT molecular complexity index is 422. The number of rotatable bonds is 3. The van der Waals surface area contributed by atoms with Crippen molar-refractivity contribution in [3.8, 4) is 0 Å². The fraction of sp³-hybridized carbons (Fsp3) is 0.600. The van der Waals surface area contributed by atoms with Crippen LogP contribution in [0.3, 0.4) is 0 Å². The van der Waals surface area contributed by atoms with Crippen LogP contribution in [0.25, 0.3) is 0 Å². The van der Waals surface area contributed by atoms with E-state index in [2.05, 4.69) is 15.9 Å². The van der Waals surface area contributed by atoms with Gasteiger partial charge in [-0.15, -0.1) is 0 Å². The molecule has 0 aliphatic heterocycles. The van der Waals surface area contributed by atoms with E-state index in [1.54, 1.807) is 0 Å². The molecule has 112 valence electrons. The monoisotopic (exact) mass is 350 g/mol. The van der Waals surface area contributed by atoms with Crippen LogP contribution in [-0.4, -0.2) is 17.4 Å². The summed E-state index contributed by atoms with van der Waals surface area (Å²) in [6.45, 7) is 0. The molecule has 1 nitrogen and oxygen atoms in total. The smallest absolute Gasteiger partial charge is 0.391 e. The zero-order valence-corrected chi connectivity index (χ0v) is 12.6. The lowest BCUT2D eigenvalue weighted by Crippen LogP contribution is -2.32. The summed E-state index contributed by atoms with van der Waals surface area (Å²) in [6.07, 6.45) is -2.91. The Morgan fingerprint density at radius 3 is 2.15 bits per heavy atom. The number of halogens is 4. The van der Waals surface area contributed by atoms with Gasteiger partial charge in [-0.25, -0.2) is 0 Å². The van der Waals surface area contributed by atoms with Crippen molar-refractivity contribution in [1.29, 1.82) is 0 Å². The second-order valence-corrected chi connectivity index (χ2v) is 6.47. The molecule has 1 N–H and O–H groups in total. The Morgan fingerprint density at radius 2 is 1.65 bits per heavy atom. The lowest BCUT2D eigenvalue weighted by Gasteiger charge is -2.32. The maximum atomic E-state index is 12.6. The summed E-state index contributed by atoms with van der Waals surface area (Å²) in [5.74, 6) is -1.20. The van der Waals surface area contributed by atoms with Gasteiger partial charge in [0, 0.05) is 4.47 Å². The predicted octanol–water partition coefficient (Wildman–Crippen LogP) is 4.72. The van der Waals surface area contributed by atoms with Crippen LogP contribution in [0.1, 0.15) is 31.2 Å². The number of hydrogen-bond donors (Lipinski definition) is 1. The molecular formula is C15H18BrF3O. The molecule has 1 fully saturated rings. The fourth-order valence-corrected chi connectivity index (χ4v) is 3.12. The summed E-state index contributed by atoms with van der Waals surface area (Å²) in [6, 6.07) is 7.66. The SMILES string of the molecule is OC(Cc1ccc(Br)cc1)C1CCC(C(F)(F)F)CC1. The summed E-state index contributed by atoms with van der Waals surface area (Å²) < 4.78 is 38.7. The zero-order chi connectivity index (χ0) is 14.8. The lowest BCUT2D eigenvalue weighted by atomic mass is 9.78. The van der Waals surface area contributed by atoms with Crippen molar-refractivity contribution in [2.24, 2.45) is 11.8 Å². The van der Waals surface area contributed by atoms with Crippen LogP contribution in [0.4, 0.5) is 13.2 Å². The summed E-state index contributed by atoms with van der Waals surface area (Å²) >= 11 is 3.34. The molecule has 1 aliphatic rings. The van der Waals surface area contributed by atoms with Gasteiger partial charge >= 0.3 is 6.18 Å². The maximum Gasteiger partial charge on any atom is 0.391 e. The van der Waals surface area contributed by atoms with Crippen LogP contribution in [0.15, 0.2) is 28.7 Å². The molecule has 1 atom stereocenters. The van der Waals surface area contributed by atoms with Gasteiger partial charge in [-0.2, -0.15) is 13.2 Å². The first-order chi connectivity index (χ1) is 9.36. The largest absolute Gasteiger partial charge is 0.392 e. The number of benzene rings is 1. The van der Waals surface area contributed by atoms with E-state index in [1.807, 2.05) is 24.3 Å². The van der Waals surface area contributed by atoms with E-state index in [0.29, 0.717) is 19.3 Å². The van der Waals surface area contributed by atoms with Crippen molar-refractivity contribution in [3.05, 3.63) is 34.3 Å². The van der Waals surface area contributed by atoms with Gasteiger partial charge in [0.2, 0.25) is 0 Å².